The summed E-state index contributed by atoms with van der Waals surface area (Å²) in [6, 6.07) is 7.57. The van der Waals surface area contributed by atoms with Crippen LogP contribution in [0, 0.1) is 5.92 Å². The highest BCUT2D eigenvalue weighted by molar-refractivity contribution is 9.10. The van der Waals surface area contributed by atoms with Gasteiger partial charge >= 0.3 is 0 Å². The van der Waals surface area contributed by atoms with Gasteiger partial charge in [0, 0.05) is 16.9 Å². The van der Waals surface area contributed by atoms with Crippen LogP contribution in [0.15, 0.2) is 28.7 Å². The molecule has 0 spiro atoms. The van der Waals surface area contributed by atoms with Crippen molar-refractivity contribution in [3.05, 3.63) is 28.7 Å². The van der Waals surface area contributed by atoms with Crippen LogP contribution < -0.4 is 15.8 Å². The molecule has 1 aromatic carbocycles. The maximum Gasteiger partial charge on any atom is 0.224 e. The van der Waals surface area contributed by atoms with Gasteiger partial charge in [-0.15, -0.1) is 12.4 Å². The minimum Gasteiger partial charge on any atom is -0.492 e. The third-order valence-corrected chi connectivity index (χ3v) is 2.76. The quantitative estimate of drug-likeness (QED) is 0.780. The topological polar surface area (TPSA) is 64.4 Å². The first-order chi connectivity index (χ1) is 8.13. The first kappa shape index (κ1) is 17.2. The zero-order chi connectivity index (χ0) is 12.7. The van der Waals surface area contributed by atoms with Crippen molar-refractivity contribution in [3.63, 3.8) is 0 Å². The second-order valence-electron chi connectivity index (χ2n) is 3.73. The van der Waals surface area contributed by atoms with E-state index in [4.69, 9.17) is 10.5 Å². The highest BCUT2D eigenvalue weighted by Crippen LogP contribution is 2.17. The summed E-state index contributed by atoms with van der Waals surface area (Å²) >= 11 is 3.36. The zero-order valence-corrected chi connectivity index (χ0v) is 12.6. The number of benzene rings is 1. The van der Waals surface area contributed by atoms with Crippen LogP contribution in [-0.2, 0) is 4.79 Å². The molecule has 0 aliphatic heterocycles. The van der Waals surface area contributed by atoms with Gasteiger partial charge in [-0.2, -0.15) is 0 Å². The Bertz CT molecular complexity index is 377. The number of halogens is 2. The van der Waals surface area contributed by atoms with E-state index < -0.39 is 0 Å². The van der Waals surface area contributed by atoms with Crippen molar-refractivity contribution in [2.24, 2.45) is 11.7 Å². The second-order valence-corrected chi connectivity index (χ2v) is 4.65. The van der Waals surface area contributed by atoms with Crippen molar-refractivity contribution in [3.8, 4) is 5.75 Å². The lowest BCUT2D eigenvalue weighted by Gasteiger charge is -2.10. The molecular weight excluding hydrogens is 320 g/mol. The molecule has 0 saturated heterocycles. The lowest BCUT2D eigenvalue weighted by molar-refractivity contribution is -0.124. The summed E-state index contributed by atoms with van der Waals surface area (Å²) in [4.78, 5) is 11.4. The maximum atomic E-state index is 11.4. The maximum absolute atomic E-state index is 11.4. The molecule has 1 amide bonds. The highest BCUT2D eigenvalue weighted by atomic mass is 79.9. The first-order valence-electron chi connectivity index (χ1n) is 5.49. The summed E-state index contributed by atoms with van der Waals surface area (Å²) in [6.45, 7) is 3.08. The molecule has 0 bridgehead atoms. The van der Waals surface area contributed by atoms with Gasteiger partial charge in [-0.1, -0.05) is 28.9 Å². The molecule has 18 heavy (non-hydrogen) atoms. The third-order valence-electron chi connectivity index (χ3n) is 2.27. The normalized spacial score (nSPS) is 11.3. The van der Waals surface area contributed by atoms with Crippen LogP contribution in [0.3, 0.4) is 0 Å². The van der Waals surface area contributed by atoms with Crippen molar-refractivity contribution in [2.75, 3.05) is 19.7 Å². The van der Waals surface area contributed by atoms with Crippen LogP contribution in [-0.4, -0.2) is 25.6 Å². The number of amides is 1. The number of ether oxygens (including phenoxy) is 1. The van der Waals surface area contributed by atoms with E-state index in [-0.39, 0.29) is 24.2 Å². The fourth-order valence-corrected chi connectivity index (χ4v) is 1.56. The molecule has 1 unspecified atom stereocenters. The summed E-state index contributed by atoms with van der Waals surface area (Å²) in [5.41, 5.74) is 5.39. The molecule has 1 rings (SSSR count). The van der Waals surface area contributed by atoms with Gasteiger partial charge in [0.25, 0.3) is 0 Å². The van der Waals surface area contributed by atoms with E-state index in [0.29, 0.717) is 19.7 Å². The molecule has 0 aromatic heterocycles. The molecule has 0 aliphatic rings. The average molecular weight is 338 g/mol. The Balaban J connectivity index is 0.00000289. The number of hydrogen-bond donors (Lipinski definition) is 2. The Hall–Kier alpha value is -0.780. The van der Waals surface area contributed by atoms with Crippen molar-refractivity contribution in [1.29, 1.82) is 0 Å². The van der Waals surface area contributed by atoms with Crippen LogP contribution in [0.25, 0.3) is 0 Å². The second kappa shape index (κ2) is 9.19. The van der Waals surface area contributed by atoms with Crippen molar-refractivity contribution < 1.29 is 9.53 Å². The van der Waals surface area contributed by atoms with Crippen LogP contribution in [0.1, 0.15) is 6.92 Å². The number of carbonyl (C=O) groups is 1. The van der Waals surface area contributed by atoms with E-state index in [9.17, 15) is 4.79 Å². The van der Waals surface area contributed by atoms with Gasteiger partial charge in [-0.25, -0.2) is 0 Å². The summed E-state index contributed by atoms with van der Waals surface area (Å²) in [7, 11) is 0. The largest absolute Gasteiger partial charge is 0.492 e. The standard InChI is InChI=1S/C12H17BrN2O2.ClH/c1-9(8-14)12(16)15-5-6-17-11-4-2-3-10(13)7-11;/h2-4,7,9H,5-6,8,14H2,1H3,(H,15,16);1H. The van der Waals surface area contributed by atoms with Crippen molar-refractivity contribution in [2.45, 2.75) is 6.92 Å². The van der Waals surface area contributed by atoms with Crippen LogP contribution in [0.5, 0.6) is 5.75 Å². The minimum absolute atomic E-state index is 0. The molecule has 0 fully saturated rings. The average Bonchev–Trinajstić information content (AvgIpc) is 2.33. The van der Waals surface area contributed by atoms with E-state index in [1.54, 1.807) is 6.92 Å². The molecule has 0 aliphatic carbocycles. The fraction of sp³-hybridized carbons (Fsp3) is 0.417. The summed E-state index contributed by atoms with van der Waals surface area (Å²) < 4.78 is 6.44. The van der Waals surface area contributed by atoms with Crippen LogP contribution in [0.4, 0.5) is 0 Å². The number of rotatable bonds is 6. The molecule has 0 heterocycles. The van der Waals surface area contributed by atoms with Crippen molar-refractivity contribution >= 4 is 34.2 Å². The predicted molar refractivity (Wildman–Crippen MR) is 78.1 cm³/mol. The summed E-state index contributed by atoms with van der Waals surface area (Å²) in [5, 5.41) is 2.76. The molecule has 0 saturated carbocycles. The number of carbonyl (C=O) groups excluding carboxylic acids is 1. The Morgan fingerprint density at radius 1 is 1.56 bits per heavy atom. The molecule has 4 nitrogen and oxygen atoms in total. The Morgan fingerprint density at radius 2 is 2.28 bits per heavy atom. The molecule has 1 atom stereocenters. The Kier molecular flexibility index (Phi) is 8.79. The first-order valence-corrected chi connectivity index (χ1v) is 6.29. The van der Waals surface area contributed by atoms with Gasteiger partial charge in [-0.05, 0) is 18.2 Å². The van der Waals surface area contributed by atoms with E-state index in [1.165, 1.54) is 0 Å². The van der Waals surface area contributed by atoms with Gasteiger partial charge < -0.3 is 15.8 Å². The lowest BCUT2D eigenvalue weighted by Crippen LogP contribution is -2.35. The van der Waals surface area contributed by atoms with Gasteiger partial charge in [-0.3, -0.25) is 4.79 Å². The smallest absolute Gasteiger partial charge is 0.224 e. The highest BCUT2D eigenvalue weighted by Gasteiger charge is 2.09. The van der Waals surface area contributed by atoms with Gasteiger partial charge in [0.05, 0.1) is 6.54 Å². The molecule has 3 N–H and O–H groups in total. The third kappa shape index (κ3) is 6.23. The number of nitrogens with one attached hydrogen (secondary N) is 1. The van der Waals surface area contributed by atoms with Gasteiger partial charge in [0.2, 0.25) is 5.91 Å². The monoisotopic (exact) mass is 336 g/mol. The molecule has 0 radical (unpaired) electrons. The van der Waals surface area contributed by atoms with Gasteiger partial charge in [0.15, 0.2) is 0 Å². The Labute approximate surface area is 122 Å². The summed E-state index contributed by atoms with van der Waals surface area (Å²) in [6.07, 6.45) is 0. The van der Waals surface area contributed by atoms with Crippen LogP contribution in [0.2, 0.25) is 0 Å². The predicted octanol–water partition coefficient (Wildman–Crippen LogP) is 1.96. The van der Waals surface area contributed by atoms with E-state index >= 15 is 0 Å². The van der Waals surface area contributed by atoms with E-state index in [1.807, 2.05) is 24.3 Å². The molecular formula is C12H18BrClN2O2. The lowest BCUT2D eigenvalue weighted by atomic mass is 10.2. The van der Waals surface area contributed by atoms with Crippen molar-refractivity contribution in [1.82, 2.24) is 5.32 Å². The van der Waals surface area contributed by atoms with Gasteiger partial charge in [0.1, 0.15) is 12.4 Å². The zero-order valence-electron chi connectivity index (χ0n) is 10.2. The molecule has 6 heteroatoms. The van der Waals surface area contributed by atoms with E-state index in [2.05, 4.69) is 21.2 Å². The summed E-state index contributed by atoms with van der Waals surface area (Å²) in [5.74, 6) is 0.590. The fourth-order valence-electron chi connectivity index (χ4n) is 1.18. The number of hydrogen-bond acceptors (Lipinski definition) is 3. The minimum atomic E-state index is -0.152. The number of nitrogens with two attached hydrogens (primary N) is 1. The van der Waals surface area contributed by atoms with E-state index in [0.717, 1.165) is 10.2 Å². The molecule has 1 aromatic rings. The van der Waals surface area contributed by atoms with Crippen LogP contribution >= 0.6 is 28.3 Å². The SMILES string of the molecule is CC(CN)C(=O)NCCOc1cccc(Br)c1.Cl. The Morgan fingerprint density at radius 3 is 2.89 bits per heavy atom. The molecule has 102 valence electrons.